The van der Waals surface area contributed by atoms with E-state index in [2.05, 4.69) is 10.2 Å². The molecule has 2 aliphatic rings. The SMILES string of the molecule is CCCN(C1=C(O)CC(CCc2ccc(O)cc2)(c2ccc(OCCN3CCNCC3)cc2)OC1=O)c1ccccc1. The van der Waals surface area contributed by atoms with Crippen molar-refractivity contribution in [2.75, 3.05) is 50.8 Å². The van der Waals surface area contributed by atoms with E-state index in [1.54, 1.807) is 12.1 Å². The third-order valence-corrected chi connectivity index (χ3v) is 8.01. The van der Waals surface area contributed by atoms with Crippen molar-refractivity contribution in [2.24, 2.45) is 0 Å². The quantitative estimate of drug-likeness (QED) is 0.258. The van der Waals surface area contributed by atoms with Gasteiger partial charge in [-0.15, -0.1) is 0 Å². The minimum atomic E-state index is -1.06. The molecule has 0 radical (unpaired) electrons. The molecule has 3 aromatic rings. The van der Waals surface area contributed by atoms with Gasteiger partial charge >= 0.3 is 5.97 Å². The van der Waals surface area contributed by atoms with Crippen molar-refractivity contribution in [2.45, 2.75) is 38.2 Å². The molecule has 1 saturated heterocycles. The van der Waals surface area contributed by atoms with E-state index in [0.29, 0.717) is 26.0 Å². The van der Waals surface area contributed by atoms with Crippen molar-refractivity contribution in [1.82, 2.24) is 10.2 Å². The number of nitrogens with one attached hydrogen (secondary N) is 1. The van der Waals surface area contributed by atoms with Gasteiger partial charge in [0, 0.05) is 45.0 Å². The zero-order valence-electron chi connectivity index (χ0n) is 24.3. The van der Waals surface area contributed by atoms with Crippen LogP contribution >= 0.6 is 0 Å². The molecule has 0 spiro atoms. The van der Waals surface area contributed by atoms with Crippen LogP contribution in [0.3, 0.4) is 0 Å². The summed E-state index contributed by atoms with van der Waals surface area (Å²) in [5.41, 5.74) is 1.77. The van der Waals surface area contributed by atoms with E-state index in [0.717, 1.165) is 61.7 Å². The number of phenolic OH excluding ortho intramolecular Hbond substituents is 1. The molecule has 1 fully saturated rings. The normalized spacial score (nSPS) is 19.4. The number of phenols is 1. The fourth-order valence-corrected chi connectivity index (χ4v) is 5.74. The molecular weight excluding hydrogens is 530 g/mol. The van der Waals surface area contributed by atoms with Crippen LogP contribution in [0, 0.1) is 0 Å². The highest BCUT2D eigenvalue weighted by Gasteiger charge is 2.45. The molecule has 1 unspecified atom stereocenters. The Morgan fingerprint density at radius 2 is 1.69 bits per heavy atom. The number of carbonyl (C=O) groups excluding carboxylic acids is 1. The summed E-state index contributed by atoms with van der Waals surface area (Å²) in [6.45, 7) is 8.13. The zero-order chi connectivity index (χ0) is 29.4. The summed E-state index contributed by atoms with van der Waals surface area (Å²) in [5.74, 6) is 0.430. The molecule has 0 saturated carbocycles. The van der Waals surface area contributed by atoms with Gasteiger partial charge in [-0.1, -0.05) is 49.4 Å². The predicted octanol–water partition coefficient (Wildman–Crippen LogP) is 5.14. The van der Waals surface area contributed by atoms with E-state index in [1.807, 2.05) is 78.6 Å². The second kappa shape index (κ2) is 13.8. The van der Waals surface area contributed by atoms with Crippen LogP contribution in [0.5, 0.6) is 11.5 Å². The second-order valence-corrected chi connectivity index (χ2v) is 11.0. The van der Waals surface area contributed by atoms with E-state index >= 15 is 0 Å². The molecule has 0 aromatic heterocycles. The predicted molar refractivity (Wildman–Crippen MR) is 164 cm³/mol. The Morgan fingerprint density at radius 3 is 2.36 bits per heavy atom. The Kier molecular flexibility index (Phi) is 9.66. The fraction of sp³-hybridized carbons (Fsp3) is 0.382. The van der Waals surface area contributed by atoms with Crippen LogP contribution in [0.2, 0.25) is 0 Å². The first-order valence-electron chi connectivity index (χ1n) is 14.9. The number of esters is 1. The monoisotopic (exact) mass is 571 g/mol. The number of anilines is 1. The number of hydrogen-bond donors (Lipinski definition) is 3. The molecule has 0 amide bonds. The van der Waals surface area contributed by atoms with Gasteiger partial charge in [0.2, 0.25) is 0 Å². The zero-order valence-corrected chi connectivity index (χ0v) is 24.3. The largest absolute Gasteiger partial charge is 0.510 e. The van der Waals surface area contributed by atoms with Crippen molar-refractivity contribution < 1.29 is 24.5 Å². The Labute approximate surface area is 248 Å². The second-order valence-electron chi connectivity index (χ2n) is 11.0. The molecule has 5 rings (SSSR count). The molecule has 0 aliphatic carbocycles. The number of piperazine rings is 1. The number of cyclic esters (lactones) is 1. The number of ether oxygens (including phenoxy) is 2. The average molecular weight is 572 g/mol. The van der Waals surface area contributed by atoms with E-state index in [9.17, 15) is 15.0 Å². The van der Waals surface area contributed by atoms with Gasteiger partial charge in [-0.25, -0.2) is 4.79 Å². The third-order valence-electron chi connectivity index (χ3n) is 8.01. The molecule has 222 valence electrons. The number of rotatable bonds is 12. The van der Waals surface area contributed by atoms with Gasteiger partial charge in [0.1, 0.15) is 29.5 Å². The Balaban J connectivity index is 1.39. The number of carbonyl (C=O) groups is 1. The van der Waals surface area contributed by atoms with Crippen molar-refractivity contribution >= 4 is 11.7 Å². The Morgan fingerprint density at radius 1 is 0.976 bits per heavy atom. The van der Waals surface area contributed by atoms with Gasteiger partial charge in [0.25, 0.3) is 0 Å². The smallest absolute Gasteiger partial charge is 0.359 e. The maximum absolute atomic E-state index is 13.7. The van der Waals surface area contributed by atoms with Gasteiger partial charge in [-0.05, 0) is 66.8 Å². The van der Waals surface area contributed by atoms with Gasteiger partial charge in [0.05, 0.1) is 6.42 Å². The molecule has 42 heavy (non-hydrogen) atoms. The lowest BCUT2D eigenvalue weighted by Crippen LogP contribution is -2.44. The van der Waals surface area contributed by atoms with Crippen molar-refractivity contribution in [1.29, 1.82) is 0 Å². The summed E-state index contributed by atoms with van der Waals surface area (Å²) in [7, 11) is 0. The number of benzene rings is 3. The van der Waals surface area contributed by atoms with Crippen LogP contribution in [-0.2, 0) is 21.6 Å². The van der Waals surface area contributed by atoms with E-state index < -0.39 is 11.6 Å². The van der Waals surface area contributed by atoms with Crippen molar-refractivity contribution in [3.05, 3.63) is 101 Å². The molecule has 3 N–H and O–H groups in total. The lowest BCUT2D eigenvalue weighted by molar-refractivity contribution is -0.161. The number of aliphatic hydroxyl groups excluding tert-OH is 1. The molecule has 8 nitrogen and oxygen atoms in total. The van der Waals surface area contributed by atoms with E-state index in [1.165, 1.54) is 0 Å². The maximum atomic E-state index is 13.7. The summed E-state index contributed by atoms with van der Waals surface area (Å²) in [4.78, 5) is 18.0. The van der Waals surface area contributed by atoms with E-state index in [-0.39, 0.29) is 23.6 Å². The van der Waals surface area contributed by atoms with Crippen molar-refractivity contribution in [3.8, 4) is 11.5 Å². The minimum absolute atomic E-state index is 0.0191. The van der Waals surface area contributed by atoms with Crippen molar-refractivity contribution in [3.63, 3.8) is 0 Å². The van der Waals surface area contributed by atoms with Crippen LogP contribution in [0.1, 0.15) is 37.3 Å². The molecule has 0 bridgehead atoms. The number of aryl methyl sites for hydroxylation is 1. The molecule has 8 heteroatoms. The first-order valence-corrected chi connectivity index (χ1v) is 14.9. The van der Waals surface area contributed by atoms with Crippen LogP contribution in [-0.4, -0.2) is 67.0 Å². The summed E-state index contributed by atoms with van der Waals surface area (Å²) >= 11 is 0. The molecule has 2 heterocycles. The number of hydrogen-bond acceptors (Lipinski definition) is 8. The summed E-state index contributed by atoms with van der Waals surface area (Å²) in [6.07, 6.45) is 2.00. The lowest BCUT2D eigenvalue weighted by atomic mass is 9.82. The summed E-state index contributed by atoms with van der Waals surface area (Å²) < 4.78 is 12.4. The van der Waals surface area contributed by atoms with Gasteiger partial charge < -0.3 is 29.9 Å². The first-order chi connectivity index (χ1) is 20.5. The van der Waals surface area contributed by atoms with E-state index in [4.69, 9.17) is 9.47 Å². The van der Waals surface area contributed by atoms with Crippen LogP contribution in [0.25, 0.3) is 0 Å². The first kappa shape index (κ1) is 29.5. The highest BCUT2D eigenvalue weighted by atomic mass is 16.6. The van der Waals surface area contributed by atoms with Gasteiger partial charge in [-0.2, -0.15) is 0 Å². The van der Waals surface area contributed by atoms with Crippen LogP contribution in [0.15, 0.2) is 90.3 Å². The molecule has 3 aromatic carbocycles. The highest BCUT2D eigenvalue weighted by Crippen LogP contribution is 2.43. The van der Waals surface area contributed by atoms with Gasteiger partial charge in [-0.3, -0.25) is 4.90 Å². The highest BCUT2D eigenvalue weighted by molar-refractivity contribution is 5.94. The van der Waals surface area contributed by atoms with Crippen LogP contribution < -0.4 is 15.0 Å². The molecule has 1 atom stereocenters. The number of para-hydroxylation sites is 1. The Bertz CT molecular complexity index is 1340. The fourth-order valence-electron chi connectivity index (χ4n) is 5.74. The Hall–Kier alpha value is -4.01. The maximum Gasteiger partial charge on any atom is 0.359 e. The average Bonchev–Trinajstić information content (AvgIpc) is 3.01. The number of nitrogens with zero attached hydrogens (tertiary/aromatic N) is 2. The van der Waals surface area contributed by atoms with Crippen LogP contribution in [0.4, 0.5) is 5.69 Å². The third kappa shape index (κ3) is 7.06. The lowest BCUT2D eigenvalue weighted by Gasteiger charge is -2.40. The molecular formula is C34H41N3O5. The number of aromatic hydroxyl groups is 1. The summed E-state index contributed by atoms with van der Waals surface area (Å²) in [6, 6.07) is 24.3. The standard InChI is InChI=1S/C34H41N3O5/c1-2-20-37(28-6-4-3-5-7-28)32-31(39)25-34(42-33(32)40,17-16-26-8-12-29(38)13-9-26)27-10-14-30(15-11-27)41-24-23-36-21-18-35-19-22-36/h3-15,35,38-39H,2,16-25H2,1H3. The summed E-state index contributed by atoms with van der Waals surface area (Å²) in [5, 5.41) is 24.6. The number of aliphatic hydroxyl groups is 1. The molecule has 2 aliphatic heterocycles. The van der Waals surface area contributed by atoms with Gasteiger partial charge in [0.15, 0.2) is 5.70 Å². The minimum Gasteiger partial charge on any atom is -0.510 e. The topological polar surface area (TPSA) is 94.5 Å².